The topological polar surface area (TPSA) is 84.2 Å². The van der Waals surface area contributed by atoms with Gasteiger partial charge in [0.25, 0.3) is 5.91 Å². The summed E-state index contributed by atoms with van der Waals surface area (Å²) in [6.45, 7) is 4.50. The molecular weight excluding hydrogens is 326 g/mol. The second-order valence-corrected chi connectivity index (χ2v) is 6.62. The first-order valence-corrected chi connectivity index (χ1v) is 8.97. The maximum atomic E-state index is 12.4. The standard InChI is InChI=1S/C17H23N3O3S/c1-12-11-14(13(2)20(12)17-19-9-10-24-17)16(23)18-8-6-4-3-5-7-15(21)22/h9-11H,3-8H2,1-2H3,(H,18,23)(H,21,22). The molecule has 0 atom stereocenters. The van der Waals surface area contributed by atoms with Crippen LogP contribution in [0.3, 0.4) is 0 Å². The lowest BCUT2D eigenvalue weighted by Crippen LogP contribution is -2.24. The normalized spacial score (nSPS) is 10.8. The number of hydrogen-bond donors (Lipinski definition) is 2. The number of aromatic nitrogens is 2. The lowest BCUT2D eigenvalue weighted by molar-refractivity contribution is -0.137. The summed E-state index contributed by atoms with van der Waals surface area (Å²) < 4.78 is 1.99. The van der Waals surface area contributed by atoms with Crippen LogP contribution in [0.2, 0.25) is 0 Å². The summed E-state index contributed by atoms with van der Waals surface area (Å²) in [4.78, 5) is 27.1. The van der Waals surface area contributed by atoms with Gasteiger partial charge in [-0.15, -0.1) is 11.3 Å². The Bertz CT molecular complexity index is 692. The fourth-order valence-corrected chi connectivity index (χ4v) is 3.42. The van der Waals surface area contributed by atoms with Gasteiger partial charge in [-0.25, -0.2) is 4.98 Å². The van der Waals surface area contributed by atoms with E-state index < -0.39 is 5.97 Å². The largest absolute Gasteiger partial charge is 0.481 e. The molecule has 7 heteroatoms. The van der Waals surface area contributed by atoms with Gasteiger partial charge in [-0.3, -0.25) is 14.2 Å². The summed E-state index contributed by atoms with van der Waals surface area (Å²) in [5.74, 6) is -0.824. The third kappa shape index (κ3) is 4.67. The van der Waals surface area contributed by atoms with E-state index in [0.29, 0.717) is 18.5 Å². The Morgan fingerprint density at radius 3 is 2.67 bits per heavy atom. The molecule has 0 saturated carbocycles. The molecule has 2 aromatic rings. The number of thiazole rings is 1. The summed E-state index contributed by atoms with van der Waals surface area (Å²) in [7, 11) is 0. The Kier molecular flexibility index (Phi) is 6.54. The fraction of sp³-hybridized carbons (Fsp3) is 0.471. The minimum atomic E-state index is -0.751. The lowest BCUT2D eigenvalue weighted by atomic mass is 10.1. The first-order chi connectivity index (χ1) is 11.5. The van der Waals surface area contributed by atoms with Crippen LogP contribution in [-0.4, -0.2) is 33.1 Å². The van der Waals surface area contributed by atoms with Crippen LogP contribution in [0.4, 0.5) is 0 Å². The van der Waals surface area contributed by atoms with Crippen LogP contribution in [0, 0.1) is 13.8 Å². The highest BCUT2D eigenvalue weighted by atomic mass is 32.1. The molecule has 0 aliphatic carbocycles. The molecule has 0 spiro atoms. The Morgan fingerprint density at radius 2 is 2.00 bits per heavy atom. The predicted molar refractivity (Wildman–Crippen MR) is 94.0 cm³/mol. The van der Waals surface area contributed by atoms with Crippen LogP contribution in [0.25, 0.3) is 5.13 Å². The van der Waals surface area contributed by atoms with E-state index >= 15 is 0 Å². The third-order valence-electron chi connectivity index (χ3n) is 3.89. The predicted octanol–water partition coefficient (Wildman–Crippen LogP) is 3.32. The van der Waals surface area contributed by atoms with Crippen LogP contribution in [-0.2, 0) is 4.79 Å². The van der Waals surface area contributed by atoms with Gasteiger partial charge in [0, 0.05) is 35.9 Å². The highest BCUT2D eigenvalue weighted by Gasteiger charge is 2.17. The van der Waals surface area contributed by atoms with E-state index in [0.717, 1.165) is 35.8 Å². The Hall–Kier alpha value is -2.15. The van der Waals surface area contributed by atoms with Gasteiger partial charge in [-0.2, -0.15) is 0 Å². The molecule has 2 heterocycles. The summed E-state index contributed by atoms with van der Waals surface area (Å²) >= 11 is 1.54. The van der Waals surface area contributed by atoms with Gasteiger partial charge >= 0.3 is 5.97 Å². The van der Waals surface area contributed by atoms with Crippen LogP contribution < -0.4 is 5.32 Å². The highest BCUT2D eigenvalue weighted by Crippen LogP contribution is 2.22. The molecule has 6 nitrogen and oxygen atoms in total. The number of hydrogen-bond acceptors (Lipinski definition) is 4. The van der Waals surface area contributed by atoms with Gasteiger partial charge in [0.15, 0.2) is 5.13 Å². The van der Waals surface area contributed by atoms with E-state index in [1.165, 1.54) is 11.3 Å². The van der Waals surface area contributed by atoms with Crippen molar-refractivity contribution in [2.45, 2.75) is 46.0 Å². The van der Waals surface area contributed by atoms with Gasteiger partial charge in [0.1, 0.15) is 0 Å². The molecule has 0 aliphatic rings. The summed E-state index contributed by atoms with van der Waals surface area (Å²) in [6.07, 6.45) is 5.32. The molecule has 2 aromatic heterocycles. The highest BCUT2D eigenvalue weighted by molar-refractivity contribution is 7.12. The molecule has 0 aromatic carbocycles. The monoisotopic (exact) mass is 349 g/mol. The van der Waals surface area contributed by atoms with E-state index in [1.54, 1.807) is 6.20 Å². The molecule has 0 radical (unpaired) electrons. The molecule has 0 bridgehead atoms. The average molecular weight is 349 g/mol. The number of carboxylic acid groups (broad SMARTS) is 1. The molecule has 0 aliphatic heterocycles. The zero-order valence-electron chi connectivity index (χ0n) is 14.0. The Labute approximate surface area is 145 Å². The Morgan fingerprint density at radius 1 is 1.25 bits per heavy atom. The number of unbranched alkanes of at least 4 members (excludes halogenated alkanes) is 3. The number of carbonyl (C=O) groups is 2. The molecule has 24 heavy (non-hydrogen) atoms. The number of nitrogens with one attached hydrogen (secondary N) is 1. The molecule has 0 fully saturated rings. The van der Waals surface area contributed by atoms with Crippen LogP contribution >= 0.6 is 11.3 Å². The van der Waals surface area contributed by atoms with Crippen molar-refractivity contribution in [3.05, 3.63) is 34.6 Å². The molecule has 1 amide bonds. The van der Waals surface area contributed by atoms with Gasteiger partial charge in [-0.05, 0) is 32.8 Å². The van der Waals surface area contributed by atoms with E-state index in [2.05, 4.69) is 10.3 Å². The molecule has 130 valence electrons. The van der Waals surface area contributed by atoms with E-state index in [-0.39, 0.29) is 12.3 Å². The quantitative estimate of drug-likeness (QED) is 0.680. The van der Waals surface area contributed by atoms with Gasteiger partial charge in [0.2, 0.25) is 0 Å². The fourth-order valence-electron chi connectivity index (χ4n) is 2.67. The van der Waals surface area contributed by atoms with Crippen LogP contribution in [0.1, 0.15) is 53.8 Å². The van der Waals surface area contributed by atoms with E-state index in [9.17, 15) is 9.59 Å². The van der Waals surface area contributed by atoms with Crippen molar-refractivity contribution >= 4 is 23.2 Å². The van der Waals surface area contributed by atoms with Gasteiger partial charge < -0.3 is 10.4 Å². The van der Waals surface area contributed by atoms with Crippen molar-refractivity contribution in [2.24, 2.45) is 0 Å². The minimum absolute atomic E-state index is 0.0727. The molecule has 2 N–H and O–H groups in total. The summed E-state index contributed by atoms with van der Waals surface area (Å²) in [5, 5.41) is 14.3. The SMILES string of the molecule is Cc1cc(C(=O)NCCCCCCC(=O)O)c(C)n1-c1nccs1. The molecule has 2 rings (SSSR count). The maximum absolute atomic E-state index is 12.4. The first kappa shape index (κ1) is 18.2. The number of aryl methyl sites for hydroxylation is 1. The number of carboxylic acids is 1. The van der Waals surface area contributed by atoms with Crippen molar-refractivity contribution in [2.75, 3.05) is 6.54 Å². The number of amides is 1. The second kappa shape index (κ2) is 8.63. The van der Waals surface area contributed by atoms with E-state index in [4.69, 9.17) is 5.11 Å². The van der Waals surface area contributed by atoms with Crippen molar-refractivity contribution in [1.29, 1.82) is 0 Å². The van der Waals surface area contributed by atoms with Gasteiger partial charge in [0.05, 0.1) is 5.56 Å². The second-order valence-electron chi connectivity index (χ2n) is 5.75. The molecular formula is C17H23N3O3S. The first-order valence-electron chi connectivity index (χ1n) is 8.09. The van der Waals surface area contributed by atoms with Crippen molar-refractivity contribution < 1.29 is 14.7 Å². The summed E-state index contributed by atoms with van der Waals surface area (Å²) in [6, 6.07) is 1.89. The minimum Gasteiger partial charge on any atom is -0.481 e. The number of rotatable bonds is 9. The zero-order valence-corrected chi connectivity index (χ0v) is 14.9. The zero-order chi connectivity index (χ0) is 17.5. The number of nitrogens with zero attached hydrogens (tertiary/aromatic N) is 2. The van der Waals surface area contributed by atoms with Gasteiger partial charge in [-0.1, -0.05) is 12.8 Å². The smallest absolute Gasteiger partial charge is 0.303 e. The third-order valence-corrected chi connectivity index (χ3v) is 4.65. The van der Waals surface area contributed by atoms with Crippen molar-refractivity contribution in [3.63, 3.8) is 0 Å². The average Bonchev–Trinajstić information content (AvgIpc) is 3.13. The molecule has 0 unspecified atom stereocenters. The lowest BCUT2D eigenvalue weighted by Gasteiger charge is -2.07. The van der Waals surface area contributed by atoms with Crippen molar-refractivity contribution in [3.8, 4) is 5.13 Å². The molecule has 0 saturated heterocycles. The summed E-state index contributed by atoms with van der Waals surface area (Å²) in [5.41, 5.74) is 2.55. The number of aliphatic carboxylic acids is 1. The van der Waals surface area contributed by atoms with Crippen LogP contribution in [0.15, 0.2) is 17.6 Å². The van der Waals surface area contributed by atoms with Crippen molar-refractivity contribution in [1.82, 2.24) is 14.9 Å². The number of carbonyl (C=O) groups excluding carboxylic acids is 1. The Balaban J connectivity index is 1.83. The van der Waals surface area contributed by atoms with Crippen LogP contribution in [0.5, 0.6) is 0 Å². The van der Waals surface area contributed by atoms with E-state index in [1.807, 2.05) is 29.9 Å². The maximum Gasteiger partial charge on any atom is 0.303 e.